The van der Waals surface area contributed by atoms with Gasteiger partial charge >= 0.3 is 6.03 Å². The molecule has 0 saturated heterocycles. The summed E-state index contributed by atoms with van der Waals surface area (Å²) in [6.07, 6.45) is 1.15. The van der Waals surface area contributed by atoms with Gasteiger partial charge in [0.25, 0.3) is 5.91 Å². The highest BCUT2D eigenvalue weighted by molar-refractivity contribution is 7.89. The summed E-state index contributed by atoms with van der Waals surface area (Å²) in [4.78, 5) is 28.5. The van der Waals surface area contributed by atoms with Crippen molar-refractivity contribution in [2.45, 2.75) is 63.2 Å². The molecule has 4 atom stereocenters. The van der Waals surface area contributed by atoms with Crippen LogP contribution in [0.4, 0.5) is 25.0 Å². The molecule has 1 heterocycles. The SMILES string of the molecule is C[C@H](CO)N1C[C@H](C)[C@H](CN(C)S(=O)(=O)c2ccc(F)cc2)OCCCC[C@H](C)Oc2ccc(NC(=O)Nc3ccc(F)cc3)cc2C1=O. The Hall–Kier alpha value is -4.11. The van der Waals surface area contributed by atoms with E-state index in [1.807, 2.05) is 13.8 Å². The van der Waals surface area contributed by atoms with Crippen molar-refractivity contribution in [3.8, 4) is 5.75 Å². The van der Waals surface area contributed by atoms with Crippen LogP contribution in [0.3, 0.4) is 0 Å². The Morgan fingerprint density at radius 3 is 2.27 bits per heavy atom. The van der Waals surface area contributed by atoms with E-state index in [2.05, 4.69) is 10.6 Å². The molecule has 49 heavy (non-hydrogen) atoms. The number of urea groups is 1. The second-order valence-corrected chi connectivity index (χ2v) is 14.4. The van der Waals surface area contributed by atoms with Crippen molar-refractivity contribution in [1.82, 2.24) is 9.21 Å². The number of aliphatic hydroxyl groups is 1. The van der Waals surface area contributed by atoms with Gasteiger partial charge in [-0.05, 0) is 99.8 Å². The van der Waals surface area contributed by atoms with E-state index in [9.17, 15) is 31.9 Å². The van der Waals surface area contributed by atoms with Gasteiger partial charge in [-0.25, -0.2) is 22.0 Å². The molecule has 1 aliphatic rings. The van der Waals surface area contributed by atoms with Gasteiger partial charge in [-0.15, -0.1) is 0 Å². The Morgan fingerprint density at radius 1 is 1.00 bits per heavy atom. The Kier molecular flexibility index (Phi) is 13.1. The Labute approximate surface area is 286 Å². The van der Waals surface area contributed by atoms with Crippen LogP contribution in [0.2, 0.25) is 0 Å². The monoisotopic (exact) mass is 702 g/mol. The molecule has 1 aliphatic heterocycles. The lowest BCUT2D eigenvalue weighted by atomic mass is 10.0. The number of hydrogen-bond donors (Lipinski definition) is 3. The van der Waals surface area contributed by atoms with Crippen LogP contribution in [-0.2, 0) is 14.8 Å². The van der Waals surface area contributed by atoms with Crippen LogP contribution in [0, 0.1) is 17.6 Å². The minimum Gasteiger partial charge on any atom is -0.490 e. The smallest absolute Gasteiger partial charge is 0.323 e. The number of benzene rings is 3. The van der Waals surface area contributed by atoms with Gasteiger partial charge in [0.2, 0.25) is 10.0 Å². The van der Waals surface area contributed by atoms with Crippen LogP contribution in [0.15, 0.2) is 71.6 Å². The predicted molar refractivity (Wildman–Crippen MR) is 182 cm³/mol. The number of likely N-dealkylation sites (N-methyl/N-ethyl adjacent to an activating group) is 1. The molecule has 11 nitrogen and oxygen atoms in total. The van der Waals surface area contributed by atoms with E-state index in [0.717, 1.165) is 22.9 Å². The number of hydrogen-bond acceptors (Lipinski definition) is 7. The average Bonchev–Trinajstić information content (AvgIpc) is 3.07. The van der Waals surface area contributed by atoms with Gasteiger partial charge in [0, 0.05) is 44.0 Å². The average molecular weight is 703 g/mol. The van der Waals surface area contributed by atoms with Gasteiger partial charge < -0.3 is 30.1 Å². The number of anilines is 2. The van der Waals surface area contributed by atoms with Gasteiger partial charge in [-0.2, -0.15) is 4.31 Å². The minimum atomic E-state index is -3.98. The zero-order valence-electron chi connectivity index (χ0n) is 28.1. The second kappa shape index (κ2) is 17.0. The Bertz CT molecular complexity index is 1680. The summed E-state index contributed by atoms with van der Waals surface area (Å²) in [5.74, 6) is -1.57. The molecule has 0 radical (unpaired) electrons. The fraction of sp³-hybridized carbons (Fsp3) is 0.429. The van der Waals surface area contributed by atoms with Crippen LogP contribution in [-0.4, -0.2) is 86.3 Å². The quantitative estimate of drug-likeness (QED) is 0.273. The first-order valence-corrected chi connectivity index (χ1v) is 17.6. The third kappa shape index (κ3) is 10.2. The van der Waals surface area contributed by atoms with E-state index < -0.39 is 51.7 Å². The van der Waals surface area contributed by atoms with Crippen molar-refractivity contribution in [3.05, 3.63) is 83.9 Å². The predicted octanol–water partition coefficient (Wildman–Crippen LogP) is 5.73. The second-order valence-electron chi connectivity index (χ2n) is 12.3. The topological polar surface area (TPSA) is 138 Å². The highest BCUT2D eigenvalue weighted by Gasteiger charge is 2.32. The zero-order valence-corrected chi connectivity index (χ0v) is 28.9. The number of fused-ring (bicyclic) bond motifs is 1. The molecule has 0 spiro atoms. The van der Waals surface area contributed by atoms with E-state index in [-0.39, 0.29) is 36.3 Å². The highest BCUT2D eigenvalue weighted by Crippen LogP contribution is 2.29. The third-order valence-electron chi connectivity index (χ3n) is 8.37. The fourth-order valence-electron chi connectivity index (χ4n) is 5.43. The van der Waals surface area contributed by atoms with E-state index in [1.54, 1.807) is 19.1 Å². The number of aliphatic hydroxyl groups excluding tert-OH is 1. The van der Waals surface area contributed by atoms with Gasteiger partial charge in [-0.1, -0.05) is 6.92 Å². The van der Waals surface area contributed by atoms with E-state index >= 15 is 0 Å². The van der Waals surface area contributed by atoms with Gasteiger partial charge in [0.15, 0.2) is 0 Å². The molecule has 4 rings (SSSR count). The summed E-state index contributed by atoms with van der Waals surface area (Å²) in [7, 11) is -2.55. The molecule has 3 N–H and O–H groups in total. The van der Waals surface area contributed by atoms with E-state index in [4.69, 9.17) is 9.47 Å². The summed E-state index contributed by atoms with van der Waals surface area (Å²) in [5.41, 5.74) is 0.822. The van der Waals surface area contributed by atoms with Gasteiger partial charge in [0.05, 0.1) is 35.3 Å². The lowest BCUT2D eigenvalue weighted by Gasteiger charge is -2.35. The lowest BCUT2D eigenvalue weighted by molar-refractivity contribution is -0.00834. The molecule has 3 aromatic rings. The number of sulfonamides is 1. The molecule has 0 saturated carbocycles. The molecule has 266 valence electrons. The molecular formula is C35H44F2N4O7S. The zero-order chi connectivity index (χ0) is 35.7. The summed E-state index contributed by atoms with van der Waals surface area (Å²) in [6.45, 7) is 5.47. The van der Waals surface area contributed by atoms with Gasteiger partial charge in [-0.3, -0.25) is 4.79 Å². The van der Waals surface area contributed by atoms with E-state index in [0.29, 0.717) is 36.6 Å². The third-order valence-corrected chi connectivity index (χ3v) is 10.2. The van der Waals surface area contributed by atoms with Crippen molar-refractivity contribution in [2.75, 3.05) is 44.0 Å². The summed E-state index contributed by atoms with van der Waals surface area (Å²) < 4.78 is 67.1. The van der Waals surface area contributed by atoms with Crippen molar-refractivity contribution in [1.29, 1.82) is 0 Å². The number of amides is 3. The normalized spacial score (nSPS) is 20.1. The maximum atomic E-state index is 14.3. The van der Waals surface area contributed by atoms with Crippen LogP contribution in [0.1, 0.15) is 50.4 Å². The number of ether oxygens (including phenoxy) is 2. The molecule has 0 fully saturated rings. The molecule has 0 aromatic heterocycles. The maximum Gasteiger partial charge on any atom is 0.323 e. The van der Waals surface area contributed by atoms with Crippen molar-refractivity contribution < 1.29 is 41.4 Å². The van der Waals surface area contributed by atoms with Crippen LogP contribution in [0.5, 0.6) is 5.75 Å². The van der Waals surface area contributed by atoms with Crippen LogP contribution < -0.4 is 15.4 Å². The fourth-order valence-corrected chi connectivity index (χ4v) is 6.61. The Morgan fingerprint density at radius 2 is 1.61 bits per heavy atom. The summed E-state index contributed by atoms with van der Waals surface area (Å²) >= 11 is 0. The molecule has 0 bridgehead atoms. The first-order valence-electron chi connectivity index (χ1n) is 16.2. The number of halogens is 2. The van der Waals surface area contributed by atoms with Crippen molar-refractivity contribution >= 4 is 33.3 Å². The highest BCUT2D eigenvalue weighted by atomic mass is 32.2. The standard InChI is InChI=1S/C35H44F2N4O7S/c1-23-20-41(24(2)22-42)34(43)31-19-29(39-35(44)38-28-12-8-26(36)9-13-28)14-17-32(31)48-25(3)7-5-6-18-47-33(23)21-40(4)49(45,46)30-15-10-27(37)11-16-30/h8-17,19,23-25,33,42H,5-7,18,20-22H2,1-4H3,(H2,38,39,44)/t23-,24+,25-,33-/m0/s1. The number of rotatable bonds is 8. The van der Waals surface area contributed by atoms with Gasteiger partial charge in [0.1, 0.15) is 17.4 Å². The minimum absolute atomic E-state index is 0.0379. The largest absolute Gasteiger partial charge is 0.490 e. The van der Waals surface area contributed by atoms with Crippen molar-refractivity contribution in [3.63, 3.8) is 0 Å². The Balaban J connectivity index is 1.62. The molecule has 3 amide bonds. The molecule has 0 aliphatic carbocycles. The molecule has 14 heteroatoms. The lowest BCUT2D eigenvalue weighted by Crippen LogP contribution is -2.48. The molecular weight excluding hydrogens is 658 g/mol. The van der Waals surface area contributed by atoms with Crippen molar-refractivity contribution in [2.24, 2.45) is 5.92 Å². The summed E-state index contributed by atoms with van der Waals surface area (Å²) in [5, 5.41) is 15.5. The number of carbonyl (C=O) groups excluding carboxylic acids is 2. The first kappa shape index (κ1) is 37.7. The first-order chi connectivity index (χ1) is 23.3. The molecule has 3 aromatic carbocycles. The number of nitrogens with zero attached hydrogens (tertiary/aromatic N) is 2. The van der Waals surface area contributed by atoms with E-state index in [1.165, 1.54) is 54.4 Å². The maximum absolute atomic E-state index is 14.3. The molecule has 0 unspecified atom stereocenters. The number of nitrogens with one attached hydrogen (secondary N) is 2. The summed E-state index contributed by atoms with van der Waals surface area (Å²) in [6, 6.07) is 13.3. The number of carbonyl (C=O) groups is 2. The van der Waals surface area contributed by atoms with Crippen LogP contribution in [0.25, 0.3) is 0 Å². The van der Waals surface area contributed by atoms with Crippen LogP contribution >= 0.6 is 0 Å².